The van der Waals surface area contributed by atoms with Crippen LogP contribution in [0.2, 0.25) is 0 Å². The molecule has 84 valence electrons. The molecule has 0 rings (SSSR count). The highest BCUT2D eigenvalue weighted by atomic mass is 32.2. The first-order chi connectivity index (χ1) is 7.21. The van der Waals surface area contributed by atoms with E-state index in [-0.39, 0.29) is 12.6 Å². The van der Waals surface area contributed by atoms with Crippen molar-refractivity contribution in [2.75, 3.05) is 19.3 Å². The van der Waals surface area contributed by atoms with Crippen LogP contribution in [0.3, 0.4) is 0 Å². The summed E-state index contributed by atoms with van der Waals surface area (Å²) in [6.07, 6.45) is 9.24. The van der Waals surface area contributed by atoms with E-state index in [2.05, 4.69) is 5.92 Å². The molecule has 0 radical (unpaired) electrons. The number of terminal acetylenes is 1. The number of urea groups is 1. The first kappa shape index (κ1) is 13.8. The number of unbranched alkanes of at least 4 members (excludes halogenated alkanes) is 1. The number of nitrogens with zero attached hydrogens (tertiary/aromatic N) is 2. The maximum absolute atomic E-state index is 11.7. The molecule has 0 saturated carbocycles. The lowest BCUT2D eigenvalue weighted by Gasteiger charge is -2.23. The maximum Gasteiger partial charge on any atom is 0.337 e. The van der Waals surface area contributed by atoms with E-state index in [4.69, 9.17) is 6.42 Å². The molecule has 0 fully saturated rings. The van der Waals surface area contributed by atoms with Crippen molar-refractivity contribution in [1.29, 1.82) is 0 Å². The molecule has 0 aromatic carbocycles. The van der Waals surface area contributed by atoms with Gasteiger partial charge in [0.25, 0.3) is 0 Å². The molecule has 0 aliphatic carbocycles. The van der Waals surface area contributed by atoms with Crippen LogP contribution in [0.25, 0.3) is 0 Å². The number of hydrogen-bond donors (Lipinski definition) is 0. The fraction of sp³-hybridized carbons (Fsp3) is 0.600. The molecule has 3 amide bonds. The molecule has 0 heterocycles. The van der Waals surface area contributed by atoms with E-state index < -0.39 is 0 Å². The van der Waals surface area contributed by atoms with Crippen LogP contribution in [0.4, 0.5) is 4.79 Å². The Morgan fingerprint density at radius 3 is 2.67 bits per heavy atom. The van der Waals surface area contributed by atoms with Gasteiger partial charge in [-0.15, -0.1) is 6.42 Å². The van der Waals surface area contributed by atoms with Gasteiger partial charge in [-0.25, -0.2) is 4.79 Å². The zero-order valence-corrected chi connectivity index (χ0v) is 9.92. The molecule has 0 aromatic rings. The Balaban J connectivity index is 4.34. The molecule has 0 aliphatic rings. The number of imide groups is 1. The van der Waals surface area contributed by atoms with E-state index in [1.807, 2.05) is 6.92 Å². The zero-order chi connectivity index (χ0) is 11.7. The van der Waals surface area contributed by atoms with E-state index in [0.29, 0.717) is 13.0 Å². The van der Waals surface area contributed by atoms with Gasteiger partial charge >= 0.3 is 6.03 Å². The third kappa shape index (κ3) is 4.75. The standard InChI is InChI=1S/C10H16N2O2S/c1-4-6-8-12(15-3)10(14)11(9-13)7-5-2/h2,9H,4,6-8H2,1,3H3. The minimum absolute atomic E-state index is 0.0194. The maximum atomic E-state index is 11.7. The number of carbonyl (C=O) groups is 2. The van der Waals surface area contributed by atoms with Crippen LogP contribution in [0.1, 0.15) is 19.8 Å². The van der Waals surface area contributed by atoms with Gasteiger partial charge in [0.2, 0.25) is 6.41 Å². The summed E-state index contributed by atoms with van der Waals surface area (Å²) >= 11 is 1.30. The smallest absolute Gasteiger partial charge is 0.278 e. The number of carbonyl (C=O) groups excluding carboxylic acids is 2. The molecule has 0 aliphatic heterocycles. The predicted molar refractivity (Wildman–Crippen MR) is 62.1 cm³/mol. The van der Waals surface area contributed by atoms with Crippen LogP contribution in [0, 0.1) is 12.3 Å². The van der Waals surface area contributed by atoms with E-state index in [0.717, 1.165) is 17.7 Å². The van der Waals surface area contributed by atoms with Crippen LogP contribution in [-0.2, 0) is 4.79 Å². The second-order valence-corrected chi connectivity index (χ2v) is 3.66. The molecule has 0 spiro atoms. The molecule has 5 heteroatoms. The molecular weight excluding hydrogens is 212 g/mol. The SMILES string of the molecule is C#CCN(C=O)C(=O)N(CCCC)SC. The van der Waals surface area contributed by atoms with Crippen molar-refractivity contribution in [2.45, 2.75) is 19.8 Å². The first-order valence-electron chi connectivity index (χ1n) is 4.72. The average Bonchev–Trinajstić information content (AvgIpc) is 2.26. The molecule has 0 atom stereocenters. The molecule has 0 aromatic heterocycles. The number of amides is 3. The van der Waals surface area contributed by atoms with Crippen LogP contribution in [0.5, 0.6) is 0 Å². The minimum atomic E-state index is -0.344. The Morgan fingerprint density at radius 1 is 1.60 bits per heavy atom. The highest BCUT2D eigenvalue weighted by molar-refractivity contribution is 7.96. The van der Waals surface area contributed by atoms with E-state index in [9.17, 15) is 9.59 Å². The summed E-state index contributed by atoms with van der Waals surface area (Å²) in [7, 11) is 0. The van der Waals surface area contributed by atoms with Crippen molar-refractivity contribution in [3.63, 3.8) is 0 Å². The Hall–Kier alpha value is -1.15. The number of hydrogen-bond acceptors (Lipinski definition) is 3. The summed E-state index contributed by atoms with van der Waals surface area (Å²) in [5.74, 6) is 2.27. The van der Waals surface area contributed by atoms with Gasteiger partial charge in [-0.1, -0.05) is 19.3 Å². The van der Waals surface area contributed by atoms with Crippen LogP contribution in [-0.4, -0.2) is 41.0 Å². The Kier molecular flexibility index (Phi) is 7.56. The van der Waals surface area contributed by atoms with Gasteiger partial charge in [0.05, 0.1) is 6.54 Å². The molecule has 4 nitrogen and oxygen atoms in total. The summed E-state index contributed by atoms with van der Waals surface area (Å²) in [4.78, 5) is 23.3. The van der Waals surface area contributed by atoms with E-state index >= 15 is 0 Å². The van der Waals surface area contributed by atoms with Gasteiger partial charge in [-0.05, 0) is 18.4 Å². The summed E-state index contributed by atoms with van der Waals surface area (Å²) < 4.78 is 1.54. The normalized spacial score (nSPS) is 9.13. The summed E-state index contributed by atoms with van der Waals surface area (Å²) in [6, 6.07) is -0.344. The van der Waals surface area contributed by atoms with Crippen molar-refractivity contribution < 1.29 is 9.59 Å². The molecule has 15 heavy (non-hydrogen) atoms. The Bertz CT molecular complexity index is 250. The summed E-state index contributed by atoms with van der Waals surface area (Å²) in [5, 5.41) is 0. The lowest BCUT2D eigenvalue weighted by molar-refractivity contribution is -0.115. The lowest BCUT2D eigenvalue weighted by Crippen LogP contribution is -2.39. The largest absolute Gasteiger partial charge is 0.337 e. The van der Waals surface area contributed by atoms with Gasteiger partial charge in [-0.3, -0.25) is 14.0 Å². The van der Waals surface area contributed by atoms with Crippen molar-refractivity contribution in [1.82, 2.24) is 9.21 Å². The number of rotatable bonds is 6. The van der Waals surface area contributed by atoms with Crippen LogP contribution in [0.15, 0.2) is 0 Å². The van der Waals surface area contributed by atoms with Crippen molar-refractivity contribution >= 4 is 24.4 Å². The van der Waals surface area contributed by atoms with Crippen LogP contribution < -0.4 is 0 Å². The second kappa shape index (κ2) is 8.18. The lowest BCUT2D eigenvalue weighted by atomic mass is 10.3. The average molecular weight is 228 g/mol. The minimum Gasteiger partial charge on any atom is -0.278 e. The van der Waals surface area contributed by atoms with Gasteiger partial charge in [0.1, 0.15) is 0 Å². The van der Waals surface area contributed by atoms with Crippen molar-refractivity contribution in [2.24, 2.45) is 0 Å². The first-order valence-corrected chi connectivity index (χ1v) is 5.90. The highest BCUT2D eigenvalue weighted by Gasteiger charge is 2.18. The fourth-order valence-corrected chi connectivity index (χ4v) is 1.53. The van der Waals surface area contributed by atoms with Crippen LogP contribution >= 0.6 is 11.9 Å². The van der Waals surface area contributed by atoms with Gasteiger partial charge < -0.3 is 0 Å². The Morgan fingerprint density at radius 2 is 2.27 bits per heavy atom. The van der Waals surface area contributed by atoms with Crippen molar-refractivity contribution in [3.05, 3.63) is 0 Å². The van der Waals surface area contributed by atoms with E-state index in [1.54, 1.807) is 6.26 Å². The van der Waals surface area contributed by atoms with Gasteiger partial charge in [0, 0.05) is 12.8 Å². The monoisotopic (exact) mass is 228 g/mol. The third-order valence-corrected chi connectivity index (χ3v) is 2.56. The third-order valence-electron chi connectivity index (χ3n) is 1.78. The Labute approximate surface area is 95.1 Å². The van der Waals surface area contributed by atoms with Crippen molar-refractivity contribution in [3.8, 4) is 12.3 Å². The highest BCUT2D eigenvalue weighted by Crippen LogP contribution is 2.10. The molecular formula is C10H16N2O2S. The topological polar surface area (TPSA) is 40.6 Å². The molecule has 0 saturated heterocycles. The summed E-state index contributed by atoms with van der Waals surface area (Å²) in [5.41, 5.74) is 0. The second-order valence-electron chi connectivity index (χ2n) is 2.86. The van der Waals surface area contributed by atoms with Gasteiger partial charge in [0.15, 0.2) is 0 Å². The molecule has 0 unspecified atom stereocenters. The van der Waals surface area contributed by atoms with Gasteiger partial charge in [-0.2, -0.15) is 0 Å². The quantitative estimate of drug-likeness (QED) is 0.394. The molecule has 0 N–H and O–H groups in total. The van der Waals surface area contributed by atoms with E-state index in [1.165, 1.54) is 16.3 Å². The summed E-state index contributed by atoms with van der Waals surface area (Å²) in [6.45, 7) is 2.69. The molecule has 0 bridgehead atoms. The fourth-order valence-electron chi connectivity index (χ4n) is 0.958. The predicted octanol–water partition coefficient (Wildman–Crippen LogP) is 1.58. The zero-order valence-electron chi connectivity index (χ0n) is 9.10.